The first-order valence-corrected chi connectivity index (χ1v) is 8.45. The van der Waals surface area contributed by atoms with Crippen LogP contribution >= 0.6 is 11.3 Å². The van der Waals surface area contributed by atoms with E-state index in [-0.39, 0.29) is 0 Å². The van der Waals surface area contributed by atoms with Gasteiger partial charge >= 0.3 is 0 Å². The Balaban J connectivity index is 2.89. The zero-order valence-corrected chi connectivity index (χ0v) is 14.7. The average molecular weight is 299 g/mol. The minimum atomic E-state index is 0.484. The zero-order valence-electron chi connectivity index (χ0n) is 13.9. The highest BCUT2D eigenvalue weighted by Gasteiger charge is 2.19. The van der Waals surface area contributed by atoms with Crippen LogP contribution in [0.5, 0.6) is 0 Å². The van der Waals surface area contributed by atoms with Crippen LogP contribution in [-0.4, -0.2) is 49.7 Å². The van der Waals surface area contributed by atoms with Gasteiger partial charge in [-0.3, -0.25) is 0 Å². The van der Waals surface area contributed by atoms with Gasteiger partial charge in [-0.05, 0) is 40.9 Å². The molecule has 1 heterocycles. The number of nitrogens with zero attached hydrogens (tertiary/aromatic N) is 3. The minimum absolute atomic E-state index is 0.484. The Kier molecular flexibility index (Phi) is 7.48. The first-order chi connectivity index (χ1) is 9.53. The second-order valence-corrected chi connectivity index (χ2v) is 6.46. The number of aryl methyl sites for hydroxylation is 1. The fourth-order valence-corrected chi connectivity index (χ4v) is 3.69. The number of rotatable bonds is 9. The molecule has 1 unspecified atom stereocenters. The van der Waals surface area contributed by atoms with E-state index in [2.05, 4.69) is 56.9 Å². The van der Waals surface area contributed by atoms with E-state index in [0.717, 1.165) is 32.6 Å². The summed E-state index contributed by atoms with van der Waals surface area (Å²) in [5, 5.41) is 4.59. The monoisotopic (exact) mass is 298 g/mol. The summed E-state index contributed by atoms with van der Waals surface area (Å²) in [4.78, 5) is 10.9. The van der Waals surface area contributed by atoms with Crippen LogP contribution in [-0.2, 0) is 13.0 Å². The van der Waals surface area contributed by atoms with Crippen molar-refractivity contribution >= 4 is 16.5 Å². The predicted molar refractivity (Wildman–Crippen MR) is 89.9 cm³/mol. The highest BCUT2D eigenvalue weighted by atomic mass is 32.1. The normalized spacial score (nSPS) is 12.9. The molecule has 5 heteroatoms. The first kappa shape index (κ1) is 17.4. The van der Waals surface area contributed by atoms with Gasteiger partial charge in [0.15, 0.2) is 5.13 Å². The number of anilines is 1. The first-order valence-electron chi connectivity index (χ1n) is 7.64. The molecule has 20 heavy (non-hydrogen) atoms. The number of likely N-dealkylation sites (N-methyl/N-ethyl adjacent to an activating group) is 2. The van der Waals surface area contributed by atoms with Gasteiger partial charge in [0.25, 0.3) is 0 Å². The third-order valence-electron chi connectivity index (χ3n) is 3.39. The molecular formula is C15H30N4S. The van der Waals surface area contributed by atoms with Crippen molar-refractivity contribution in [2.45, 2.75) is 46.7 Å². The zero-order chi connectivity index (χ0) is 15.1. The lowest BCUT2D eigenvalue weighted by atomic mass is 10.3. The molecule has 1 atom stereocenters. The summed E-state index contributed by atoms with van der Waals surface area (Å²) in [5.41, 5.74) is 1.25. The van der Waals surface area contributed by atoms with Crippen LogP contribution in [0.2, 0.25) is 0 Å². The van der Waals surface area contributed by atoms with E-state index in [9.17, 15) is 0 Å². The Hall–Kier alpha value is -0.650. The quantitative estimate of drug-likeness (QED) is 0.759. The maximum atomic E-state index is 4.87. The van der Waals surface area contributed by atoms with E-state index < -0.39 is 0 Å². The largest absolute Gasteiger partial charge is 0.344 e. The third kappa shape index (κ3) is 4.72. The van der Waals surface area contributed by atoms with Gasteiger partial charge in [0, 0.05) is 30.6 Å². The maximum Gasteiger partial charge on any atom is 0.186 e. The Morgan fingerprint density at radius 3 is 2.45 bits per heavy atom. The van der Waals surface area contributed by atoms with Crippen LogP contribution in [0.3, 0.4) is 0 Å². The summed E-state index contributed by atoms with van der Waals surface area (Å²) >= 11 is 1.85. The molecule has 0 aromatic carbocycles. The lowest BCUT2D eigenvalue weighted by Crippen LogP contribution is -2.40. The van der Waals surface area contributed by atoms with Crippen LogP contribution in [0, 0.1) is 0 Å². The van der Waals surface area contributed by atoms with Gasteiger partial charge in [0.05, 0.1) is 5.69 Å². The molecule has 116 valence electrons. The summed E-state index contributed by atoms with van der Waals surface area (Å²) in [6.07, 6.45) is 1.01. The molecule has 0 aliphatic rings. The lowest BCUT2D eigenvalue weighted by Gasteiger charge is -2.29. The number of thiazole rings is 1. The van der Waals surface area contributed by atoms with Crippen molar-refractivity contribution in [3.05, 3.63) is 10.6 Å². The highest BCUT2D eigenvalue weighted by molar-refractivity contribution is 7.15. The van der Waals surface area contributed by atoms with Crippen LogP contribution in [0.1, 0.15) is 38.3 Å². The molecule has 0 amide bonds. The summed E-state index contributed by atoms with van der Waals surface area (Å²) in [6, 6.07) is 0.484. The van der Waals surface area contributed by atoms with Crippen molar-refractivity contribution in [2.24, 2.45) is 0 Å². The van der Waals surface area contributed by atoms with Gasteiger partial charge in [-0.2, -0.15) is 0 Å². The number of nitrogens with one attached hydrogen (secondary N) is 1. The molecular weight excluding hydrogens is 268 g/mol. The molecule has 0 aliphatic heterocycles. The molecule has 0 radical (unpaired) electrons. The van der Waals surface area contributed by atoms with Gasteiger partial charge in [-0.1, -0.05) is 13.8 Å². The molecule has 0 saturated heterocycles. The van der Waals surface area contributed by atoms with Crippen molar-refractivity contribution in [3.8, 4) is 0 Å². The molecule has 1 aromatic heterocycles. The average Bonchev–Trinajstić information content (AvgIpc) is 2.79. The topological polar surface area (TPSA) is 31.4 Å². The summed E-state index contributed by atoms with van der Waals surface area (Å²) in [6.45, 7) is 12.8. The molecule has 0 bridgehead atoms. The van der Waals surface area contributed by atoms with E-state index in [0.29, 0.717) is 6.04 Å². The molecule has 4 nitrogen and oxygen atoms in total. The standard InChI is InChI=1S/C15H30N4S/c1-7-13-14(10-16-8-2)20-15(17-13)19(9-3)12(4)11-18(5)6/h12,16H,7-11H2,1-6H3. The molecule has 1 aromatic rings. The van der Waals surface area contributed by atoms with E-state index in [1.54, 1.807) is 0 Å². The second-order valence-electron chi connectivity index (χ2n) is 5.40. The van der Waals surface area contributed by atoms with Gasteiger partial charge in [-0.15, -0.1) is 11.3 Å². The number of hydrogen-bond acceptors (Lipinski definition) is 5. The van der Waals surface area contributed by atoms with Crippen LogP contribution in [0.15, 0.2) is 0 Å². The maximum absolute atomic E-state index is 4.87. The lowest BCUT2D eigenvalue weighted by molar-refractivity contribution is 0.373. The minimum Gasteiger partial charge on any atom is -0.344 e. The van der Waals surface area contributed by atoms with Crippen LogP contribution in [0.4, 0.5) is 5.13 Å². The van der Waals surface area contributed by atoms with Gasteiger partial charge in [0.2, 0.25) is 0 Å². The predicted octanol–water partition coefficient (Wildman–Crippen LogP) is 2.59. The number of hydrogen-bond donors (Lipinski definition) is 1. The van der Waals surface area contributed by atoms with E-state index in [1.165, 1.54) is 15.7 Å². The molecule has 1 rings (SSSR count). The van der Waals surface area contributed by atoms with Gasteiger partial charge in [0.1, 0.15) is 0 Å². The van der Waals surface area contributed by atoms with E-state index in [1.807, 2.05) is 11.3 Å². The van der Waals surface area contributed by atoms with Crippen LogP contribution in [0.25, 0.3) is 0 Å². The van der Waals surface area contributed by atoms with E-state index in [4.69, 9.17) is 4.98 Å². The summed E-state index contributed by atoms with van der Waals surface area (Å²) in [5.74, 6) is 0. The Labute approximate surface area is 128 Å². The summed E-state index contributed by atoms with van der Waals surface area (Å²) < 4.78 is 0. The fourth-order valence-electron chi connectivity index (χ4n) is 2.41. The van der Waals surface area contributed by atoms with Crippen molar-refractivity contribution in [2.75, 3.05) is 38.6 Å². The highest BCUT2D eigenvalue weighted by Crippen LogP contribution is 2.28. The van der Waals surface area contributed by atoms with Crippen molar-refractivity contribution in [1.82, 2.24) is 15.2 Å². The Morgan fingerprint density at radius 1 is 1.25 bits per heavy atom. The van der Waals surface area contributed by atoms with Crippen molar-refractivity contribution in [1.29, 1.82) is 0 Å². The molecule has 1 N–H and O–H groups in total. The number of aromatic nitrogens is 1. The Morgan fingerprint density at radius 2 is 1.95 bits per heavy atom. The molecule has 0 aliphatic carbocycles. The Bertz CT molecular complexity index is 389. The smallest absolute Gasteiger partial charge is 0.186 e. The third-order valence-corrected chi connectivity index (χ3v) is 4.52. The van der Waals surface area contributed by atoms with Crippen LogP contribution < -0.4 is 10.2 Å². The summed E-state index contributed by atoms with van der Waals surface area (Å²) in [7, 11) is 4.25. The van der Waals surface area contributed by atoms with Crippen molar-refractivity contribution < 1.29 is 0 Å². The molecule has 0 fully saturated rings. The fraction of sp³-hybridized carbons (Fsp3) is 0.800. The second kappa shape index (κ2) is 8.60. The van der Waals surface area contributed by atoms with Gasteiger partial charge < -0.3 is 15.1 Å². The van der Waals surface area contributed by atoms with Gasteiger partial charge in [-0.25, -0.2) is 4.98 Å². The molecule has 0 saturated carbocycles. The SMILES string of the molecule is CCNCc1sc(N(CC)C(C)CN(C)C)nc1CC. The molecule has 0 spiro atoms. The van der Waals surface area contributed by atoms with E-state index >= 15 is 0 Å². The van der Waals surface area contributed by atoms with Crippen molar-refractivity contribution in [3.63, 3.8) is 0 Å².